The summed E-state index contributed by atoms with van der Waals surface area (Å²) in [5.74, 6) is 5.70. The predicted molar refractivity (Wildman–Crippen MR) is 81.9 cm³/mol. The Labute approximate surface area is 119 Å². The van der Waals surface area contributed by atoms with Gasteiger partial charge in [0.1, 0.15) is 0 Å². The van der Waals surface area contributed by atoms with Crippen molar-refractivity contribution in [2.24, 2.45) is 5.84 Å². The van der Waals surface area contributed by atoms with Crippen LogP contribution in [-0.2, 0) is 4.74 Å². The molecule has 0 aromatic rings. The zero-order valence-corrected chi connectivity index (χ0v) is 13.0. The molecule has 0 radical (unpaired) electrons. The normalized spacial score (nSPS) is 24.8. The molecule has 2 unspecified atom stereocenters. The minimum absolute atomic E-state index is 0.0319. The molecule has 1 saturated heterocycles. The van der Waals surface area contributed by atoms with E-state index in [1.165, 1.54) is 57.8 Å². The lowest BCUT2D eigenvalue weighted by Crippen LogP contribution is -2.51. The van der Waals surface area contributed by atoms with Gasteiger partial charge >= 0.3 is 0 Å². The van der Waals surface area contributed by atoms with Crippen LogP contribution in [0, 0.1) is 0 Å². The highest BCUT2D eigenvalue weighted by Crippen LogP contribution is 2.30. The standard InChI is InChI=1S/C16H34N2O/c1-3-4-5-6-7-8-9-10-12-15(18-17)16(2)13-11-14-19-16/h15,18H,3-14,17H2,1-2H3. The van der Waals surface area contributed by atoms with Crippen LogP contribution < -0.4 is 11.3 Å². The number of ether oxygens (including phenoxy) is 1. The topological polar surface area (TPSA) is 47.3 Å². The second-order valence-electron chi connectivity index (χ2n) is 6.25. The molecule has 0 bridgehead atoms. The van der Waals surface area contributed by atoms with Gasteiger partial charge in [0.05, 0.1) is 5.60 Å². The van der Waals surface area contributed by atoms with Gasteiger partial charge in [0, 0.05) is 12.6 Å². The van der Waals surface area contributed by atoms with Crippen LogP contribution in [0.3, 0.4) is 0 Å². The average molecular weight is 270 g/mol. The minimum atomic E-state index is -0.0319. The van der Waals surface area contributed by atoms with E-state index in [0.717, 1.165) is 19.4 Å². The average Bonchev–Trinajstić information content (AvgIpc) is 2.85. The Hall–Kier alpha value is -0.120. The first kappa shape index (κ1) is 16.9. The van der Waals surface area contributed by atoms with Crippen LogP contribution in [0.15, 0.2) is 0 Å². The molecule has 0 aromatic carbocycles. The van der Waals surface area contributed by atoms with Crippen LogP contribution in [0.4, 0.5) is 0 Å². The van der Waals surface area contributed by atoms with Crippen LogP contribution >= 0.6 is 0 Å². The van der Waals surface area contributed by atoms with Gasteiger partial charge in [-0.3, -0.25) is 11.3 Å². The highest BCUT2D eigenvalue weighted by Gasteiger charge is 2.37. The molecule has 0 spiro atoms. The van der Waals surface area contributed by atoms with E-state index in [1.54, 1.807) is 0 Å². The maximum Gasteiger partial charge on any atom is 0.0821 e. The van der Waals surface area contributed by atoms with Gasteiger partial charge in [-0.05, 0) is 26.2 Å². The van der Waals surface area contributed by atoms with Crippen molar-refractivity contribution in [2.75, 3.05) is 6.61 Å². The summed E-state index contributed by atoms with van der Waals surface area (Å²) in [5, 5.41) is 0. The number of hydrogen-bond acceptors (Lipinski definition) is 3. The van der Waals surface area contributed by atoms with Crippen molar-refractivity contribution in [2.45, 2.75) is 96.1 Å². The van der Waals surface area contributed by atoms with E-state index in [4.69, 9.17) is 10.6 Å². The van der Waals surface area contributed by atoms with Gasteiger partial charge in [-0.25, -0.2) is 0 Å². The highest BCUT2D eigenvalue weighted by molar-refractivity contribution is 4.91. The molecule has 0 aliphatic carbocycles. The third-order valence-corrected chi connectivity index (χ3v) is 4.53. The van der Waals surface area contributed by atoms with Gasteiger partial charge in [0.2, 0.25) is 0 Å². The van der Waals surface area contributed by atoms with E-state index < -0.39 is 0 Å². The Bertz CT molecular complexity index is 215. The summed E-state index contributed by atoms with van der Waals surface area (Å²) >= 11 is 0. The molecule has 1 rings (SSSR count). The maximum absolute atomic E-state index is 5.87. The van der Waals surface area contributed by atoms with Crippen molar-refractivity contribution < 1.29 is 4.74 Å². The molecule has 3 heteroatoms. The van der Waals surface area contributed by atoms with Gasteiger partial charge in [-0.1, -0.05) is 58.3 Å². The van der Waals surface area contributed by atoms with Crippen molar-refractivity contribution in [1.82, 2.24) is 5.43 Å². The van der Waals surface area contributed by atoms with Crippen LogP contribution in [0.5, 0.6) is 0 Å². The van der Waals surface area contributed by atoms with Gasteiger partial charge in [0.15, 0.2) is 0 Å². The molecule has 1 heterocycles. The van der Waals surface area contributed by atoms with Crippen molar-refractivity contribution in [3.8, 4) is 0 Å². The Morgan fingerprint density at radius 3 is 2.26 bits per heavy atom. The quantitative estimate of drug-likeness (QED) is 0.340. The summed E-state index contributed by atoms with van der Waals surface area (Å²) < 4.78 is 5.87. The first-order valence-corrected chi connectivity index (χ1v) is 8.33. The fourth-order valence-corrected chi connectivity index (χ4v) is 3.12. The SMILES string of the molecule is CCCCCCCCCCC(NN)C1(C)CCCO1. The lowest BCUT2D eigenvalue weighted by Gasteiger charge is -2.32. The van der Waals surface area contributed by atoms with Crippen molar-refractivity contribution in [1.29, 1.82) is 0 Å². The van der Waals surface area contributed by atoms with E-state index in [1.807, 2.05) is 0 Å². The zero-order valence-electron chi connectivity index (χ0n) is 13.0. The van der Waals surface area contributed by atoms with Gasteiger partial charge in [-0.15, -0.1) is 0 Å². The molecule has 0 amide bonds. The predicted octanol–water partition coefficient (Wildman–Crippen LogP) is 3.92. The molecule has 2 atom stereocenters. The summed E-state index contributed by atoms with van der Waals surface area (Å²) in [6.07, 6.45) is 14.4. The molecule has 3 nitrogen and oxygen atoms in total. The van der Waals surface area contributed by atoms with Crippen LogP contribution in [0.2, 0.25) is 0 Å². The molecule has 114 valence electrons. The van der Waals surface area contributed by atoms with E-state index in [2.05, 4.69) is 19.3 Å². The van der Waals surface area contributed by atoms with E-state index >= 15 is 0 Å². The maximum atomic E-state index is 5.87. The second-order valence-corrected chi connectivity index (χ2v) is 6.25. The summed E-state index contributed by atoms with van der Waals surface area (Å²) in [7, 11) is 0. The van der Waals surface area contributed by atoms with Crippen LogP contribution in [-0.4, -0.2) is 18.2 Å². The van der Waals surface area contributed by atoms with Crippen molar-refractivity contribution in [3.63, 3.8) is 0 Å². The first-order valence-electron chi connectivity index (χ1n) is 8.33. The summed E-state index contributed by atoms with van der Waals surface area (Å²) in [6.45, 7) is 5.37. The van der Waals surface area contributed by atoms with E-state index in [-0.39, 0.29) is 5.60 Å². The van der Waals surface area contributed by atoms with Gasteiger partial charge in [0.25, 0.3) is 0 Å². The number of unbranched alkanes of at least 4 members (excludes halogenated alkanes) is 7. The molecule has 0 saturated carbocycles. The molecule has 1 aliphatic heterocycles. The largest absolute Gasteiger partial charge is 0.374 e. The number of nitrogens with two attached hydrogens (primary N) is 1. The highest BCUT2D eigenvalue weighted by atomic mass is 16.5. The molecular formula is C16H34N2O. The van der Waals surface area contributed by atoms with Crippen molar-refractivity contribution >= 4 is 0 Å². The monoisotopic (exact) mass is 270 g/mol. The molecule has 0 aromatic heterocycles. The van der Waals surface area contributed by atoms with Crippen molar-refractivity contribution in [3.05, 3.63) is 0 Å². The molecule has 1 fully saturated rings. The lowest BCUT2D eigenvalue weighted by molar-refractivity contribution is -0.0145. The number of rotatable bonds is 11. The van der Waals surface area contributed by atoms with Gasteiger partial charge < -0.3 is 4.74 Å². The molecule has 19 heavy (non-hydrogen) atoms. The lowest BCUT2D eigenvalue weighted by atomic mass is 9.89. The summed E-state index contributed by atoms with van der Waals surface area (Å²) in [4.78, 5) is 0. The minimum Gasteiger partial charge on any atom is -0.374 e. The summed E-state index contributed by atoms with van der Waals surface area (Å²) in [5.41, 5.74) is 2.95. The Morgan fingerprint density at radius 2 is 1.74 bits per heavy atom. The fraction of sp³-hybridized carbons (Fsp3) is 1.00. The second kappa shape index (κ2) is 9.73. The number of nitrogens with one attached hydrogen (secondary N) is 1. The molecule has 1 aliphatic rings. The third kappa shape index (κ3) is 6.24. The van der Waals surface area contributed by atoms with Gasteiger partial charge in [-0.2, -0.15) is 0 Å². The zero-order chi connectivity index (χ0) is 14.0. The molecular weight excluding hydrogens is 236 g/mol. The first-order chi connectivity index (χ1) is 9.23. The Kier molecular flexibility index (Phi) is 8.67. The van der Waals surface area contributed by atoms with E-state index in [9.17, 15) is 0 Å². The van der Waals surface area contributed by atoms with E-state index in [0.29, 0.717) is 6.04 Å². The Balaban J connectivity index is 2.03. The number of hydrogen-bond donors (Lipinski definition) is 2. The van der Waals surface area contributed by atoms with Crippen LogP contribution in [0.1, 0.15) is 84.5 Å². The fourth-order valence-electron chi connectivity index (χ4n) is 3.12. The molecule has 3 N–H and O–H groups in total. The third-order valence-electron chi connectivity index (χ3n) is 4.53. The summed E-state index contributed by atoms with van der Waals surface area (Å²) in [6, 6.07) is 0.315. The van der Waals surface area contributed by atoms with Crippen LogP contribution in [0.25, 0.3) is 0 Å². The Morgan fingerprint density at radius 1 is 1.11 bits per heavy atom. The number of hydrazine groups is 1. The smallest absolute Gasteiger partial charge is 0.0821 e.